The standard InChI is InChI=1S/C12H12F3N3O3/c1-11(2)6-3-7(16)9(18(20)21)4-8(6)17(10(11)19)5-12(13,14)15/h3-4H,5,16H2,1-2H3. The number of nitrogens with zero attached hydrogens (tertiary/aromatic N) is 2. The van der Waals surface area contributed by atoms with Gasteiger partial charge < -0.3 is 10.6 Å². The number of carbonyl (C=O) groups excluding carboxylic acids is 1. The molecule has 0 aliphatic carbocycles. The number of amides is 1. The maximum atomic E-state index is 12.6. The molecule has 0 bridgehead atoms. The van der Waals surface area contributed by atoms with Crippen molar-refractivity contribution in [2.75, 3.05) is 17.2 Å². The summed E-state index contributed by atoms with van der Waals surface area (Å²) >= 11 is 0. The van der Waals surface area contributed by atoms with Gasteiger partial charge in [0.2, 0.25) is 5.91 Å². The summed E-state index contributed by atoms with van der Waals surface area (Å²) < 4.78 is 37.8. The Kier molecular flexibility index (Phi) is 3.11. The molecule has 1 heterocycles. The minimum absolute atomic E-state index is 0.122. The number of anilines is 2. The van der Waals surface area contributed by atoms with Crippen molar-refractivity contribution in [2.24, 2.45) is 0 Å². The van der Waals surface area contributed by atoms with Crippen LogP contribution in [0.4, 0.5) is 30.2 Å². The van der Waals surface area contributed by atoms with Crippen LogP contribution in [0.2, 0.25) is 0 Å². The second-order valence-electron chi connectivity index (χ2n) is 5.32. The van der Waals surface area contributed by atoms with Crippen molar-refractivity contribution >= 4 is 23.0 Å². The highest BCUT2D eigenvalue weighted by atomic mass is 19.4. The lowest BCUT2D eigenvalue weighted by atomic mass is 9.86. The lowest BCUT2D eigenvalue weighted by molar-refractivity contribution is -0.383. The number of benzene rings is 1. The summed E-state index contributed by atoms with van der Waals surface area (Å²) in [6, 6.07) is 2.12. The second-order valence-corrected chi connectivity index (χ2v) is 5.32. The zero-order valence-electron chi connectivity index (χ0n) is 11.2. The fourth-order valence-corrected chi connectivity index (χ4v) is 2.37. The minimum Gasteiger partial charge on any atom is -0.393 e. The molecule has 0 radical (unpaired) electrons. The zero-order valence-corrected chi connectivity index (χ0v) is 11.2. The second kappa shape index (κ2) is 4.34. The quantitative estimate of drug-likeness (QED) is 0.516. The molecular formula is C12H12F3N3O3. The molecule has 6 nitrogen and oxygen atoms in total. The summed E-state index contributed by atoms with van der Waals surface area (Å²) in [5, 5.41) is 10.9. The summed E-state index contributed by atoms with van der Waals surface area (Å²) in [5.74, 6) is -0.769. The van der Waals surface area contributed by atoms with E-state index >= 15 is 0 Å². The Balaban J connectivity index is 2.64. The Morgan fingerprint density at radius 3 is 2.43 bits per heavy atom. The molecule has 9 heteroatoms. The third-order valence-electron chi connectivity index (χ3n) is 3.42. The van der Waals surface area contributed by atoms with Gasteiger partial charge in [0, 0.05) is 6.07 Å². The Hall–Kier alpha value is -2.32. The molecule has 0 spiro atoms. The van der Waals surface area contributed by atoms with Gasteiger partial charge in [-0.05, 0) is 25.5 Å². The van der Waals surface area contributed by atoms with Crippen LogP contribution in [0.15, 0.2) is 12.1 Å². The number of halogens is 3. The summed E-state index contributed by atoms with van der Waals surface area (Å²) in [7, 11) is 0. The van der Waals surface area contributed by atoms with Gasteiger partial charge in [0.15, 0.2) is 0 Å². The van der Waals surface area contributed by atoms with E-state index in [0.717, 1.165) is 6.07 Å². The molecule has 1 aliphatic rings. The van der Waals surface area contributed by atoms with E-state index in [1.807, 2.05) is 0 Å². The molecule has 1 aromatic rings. The zero-order chi connectivity index (χ0) is 16.2. The monoisotopic (exact) mass is 303 g/mol. The third-order valence-corrected chi connectivity index (χ3v) is 3.42. The van der Waals surface area contributed by atoms with E-state index in [1.54, 1.807) is 0 Å². The summed E-state index contributed by atoms with van der Waals surface area (Å²) in [6.45, 7) is 1.41. The maximum Gasteiger partial charge on any atom is 0.406 e. The average molecular weight is 303 g/mol. The number of hydrogen-bond acceptors (Lipinski definition) is 4. The molecule has 0 atom stereocenters. The van der Waals surface area contributed by atoms with E-state index in [9.17, 15) is 28.1 Å². The first kappa shape index (κ1) is 15.1. The number of fused-ring (bicyclic) bond motifs is 1. The molecule has 21 heavy (non-hydrogen) atoms. The van der Waals surface area contributed by atoms with E-state index in [4.69, 9.17) is 5.73 Å². The third kappa shape index (κ3) is 2.39. The van der Waals surface area contributed by atoms with Crippen molar-refractivity contribution in [1.29, 1.82) is 0 Å². The van der Waals surface area contributed by atoms with Crippen molar-refractivity contribution in [3.05, 3.63) is 27.8 Å². The number of nitrogen functional groups attached to an aromatic ring is 1. The first-order valence-electron chi connectivity index (χ1n) is 5.92. The first-order valence-corrected chi connectivity index (χ1v) is 5.92. The molecule has 0 fully saturated rings. The highest BCUT2D eigenvalue weighted by Gasteiger charge is 2.48. The number of nitro benzene ring substituents is 1. The van der Waals surface area contributed by atoms with Crippen molar-refractivity contribution < 1.29 is 22.9 Å². The number of rotatable bonds is 2. The van der Waals surface area contributed by atoms with Crippen LogP contribution in [-0.4, -0.2) is 23.6 Å². The van der Waals surface area contributed by atoms with E-state index < -0.39 is 34.7 Å². The highest BCUT2D eigenvalue weighted by molar-refractivity contribution is 6.08. The van der Waals surface area contributed by atoms with Gasteiger partial charge in [-0.2, -0.15) is 13.2 Å². The van der Waals surface area contributed by atoms with Gasteiger partial charge in [0.1, 0.15) is 12.2 Å². The van der Waals surface area contributed by atoms with Crippen molar-refractivity contribution in [3.63, 3.8) is 0 Å². The molecule has 1 amide bonds. The number of alkyl halides is 3. The van der Waals surface area contributed by atoms with Gasteiger partial charge in [-0.1, -0.05) is 0 Å². The molecule has 1 aromatic carbocycles. The van der Waals surface area contributed by atoms with Crippen molar-refractivity contribution in [3.8, 4) is 0 Å². The highest BCUT2D eigenvalue weighted by Crippen LogP contribution is 2.46. The largest absolute Gasteiger partial charge is 0.406 e. The Morgan fingerprint density at radius 2 is 1.95 bits per heavy atom. The lowest BCUT2D eigenvalue weighted by Crippen LogP contribution is -2.41. The van der Waals surface area contributed by atoms with Crippen LogP contribution in [0, 0.1) is 10.1 Å². The van der Waals surface area contributed by atoms with Crippen molar-refractivity contribution in [2.45, 2.75) is 25.4 Å². The molecular weight excluding hydrogens is 291 g/mol. The Labute approximate surface area is 117 Å². The van der Waals surface area contributed by atoms with Gasteiger partial charge in [0.05, 0.1) is 16.0 Å². The SMILES string of the molecule is CC1(C)C(=O)N(CC(F)(F)F)c2cc([N+](=O)[O-])c(N)cc21. The average Bonchev–Trinajstić information content (AvgIpc) is 2.48. The summed E-state index contributed by atoms with van der Waals surface area (Å²) in [5.41, 5.74) is 3.74. The van der Waals surface area contributed by atoms with Crippen molar-refractivity contribution in [1.82, 2.24) is 0 Å². The molecule has 114 valence electrons. The summed E-state index contributed by atoms with van der Waals surface area (Å²) in [4.78, 5) is 22.7. The van der Waals surface area contributed by atoms with E-state index in [0.29, 0.717) is 4.90 Å². The summed E-state index contributed by atoms with van der Waals surface area (Å²) in [6.07, 6.45) is -4.61. The molecule has 0 saturated carbocycles. The molecule has 2 N–H and O–H groups in total. The molecule has 0 aromatic heterocycles. The smallest absolute Gasteiger partial charge is 0.393 e. The normalized spacial score (nSPS) is 17.0. The Morgan fingerprint density at radius 1 is 1.38 bits per heavy atom. The molecule has 1 aliphatic heterocycles. The van der Waals surface area contributed by atoms with Gasteiger partial charge in [-0.15, -0.1) is 0 Å². The lowest BCUT2D eigenvalue weighted by Gasteiger charge is -2.21. The van der Waals surface area contributed by atoms with Crippen LogP contribution >= 0.6 is 0 Å². The van der Waals surface area contributed by atoms with Crippen LogP contribution in [0.1, 0.15) is 19.4 Å². The van der Waals surface area contributed by atoms with Gasteiger partial charge >= 0.3 is 6.18 Å². The number of hydrogen-bond donors (Lipinski definition) is 1. The fourth-order valence-electron chi connectivity index (χ4n) is 2.37. The van der Waals surface area contributed by atoms with Gasteiger partial charge in [0.25, 0.3) is 5.69 Å². The number of carbonyl (C=O) groups is 1. The van der Waals surface area contributed by atoms with Crippen LogP contribution in [0.5, 0.6) is 0 Å². The number of nitro groups is 1. The fraction of sp³-hybridized carbons (Fsp3) is 0.417. The maximum absolute atomic E-state index is 12.6. The predicted molar refractivity (Wildman–Crippen MR) is 68.9 cm³/mol. The van der Waals surface area contributed by atoms with Crippen LogP contribution in [0.3, 0.4) is 0 Å². The minimum atomic E-state index is -4.61. The molecule has 2 rings (SSSR count). The van der Waals surface area contributed by atoms with E-state index in [1.165, 1.54) is 19.9 Å². The van der Waals surface area contributed by atoms with Crippen LogP contribution in [-0.2, 0) is 10.2 Å². The molecule has 0 unspecified atom stereocenters. The van der Waals surface area contributed by atoms with E-state index in [2.05, 4.69) is 0 Å². The molecule has 0 saturated heterocycles. The predicted octanol–water partition coefficient (Wildman–Crippen LogP) is 2.36. The van der Waals surface area contributed by atoms with Gasteiger partial charge in [-0.25, -0.2) is 0 Å². The van der Waals surface area contributed by atoms with Crippen LogP contribution < -0.4 is 10.6 Å². The number of nitrogens with two attached hydrogens (primary N) is 1. The topological polar surface area (TPSA) is 89.5 Å². The Bertz CT molecular complexity index is 641. The van der Waals surface area contributed by atoms with E-state index in [-0.39, 0.29) is 16.9 Å². The van der Waals surface area contributed by atoms with Crippen LogP contribution in [0.25, 0.3) is 0 Å². The van der Waals surface area contributed by atoms with Gasteiger partial charge in [-0.3, -0.25) is 14.9 Å². The first-order chi connectivity index (χ1) is 9.45.